The van der Waals surface area contributed by atoms with Crippen molar-refractivity contribution in [1.29, 1.82) is 5.53 Å². The van der Waals surface area contributed by atoms with Crippen molar-refractivity contribution in [2.75, 3.05) is 0 Å². The van der Waals surface area contributed by atoms with E-state index in [4.69, 9.17) is 5.53 Å². The maximum Gasteiger partial charge on any atom is 0.267 e. The molecular weight excluding hydrogens is 188 g/mol. The first-order valence-electron chi connectivity index (χ1n) is 4.96. The minimum absolute atomic E-state index is 0.0394. The van der Waals surface area contributed by atoms with E-state index < -0.39 is 0 Å². The Labute approximate surface area is 88.3 Å². The van der Waals surface area contributed by atoms with Crippen LogP contribution in [0.5, 0.6) is 0 Å². The molecule has 0 bridgehead atoms. The Kier molecular flexibility index (Phi) is 2.72. The molecule has 2 unspecified atom stereocenters. The van der Waals surface area contributed by atoms with E-state index in [1.807, 2.05) is 42.5 Å². The zero-order chi connectivity index (χ0) is 10.7. The SMILES string of the molecule is N=NC(=O)C1CC1/C=C/c1ccccc1. The zero-order valence-electron chi connectivity index (χ0n) is 8.26. The highest BCUT2D eigenvalue weighted by molar-refractivity contribution is 5.82. The van der Waals surface area contributed by atoms with Crippen LogP contribution in [0.1, 0.15) is 12.0 Å². The van der Waals surface area contributed by atoms with Gasteiger partial charge in [-0.15, -0.1) is 5.11 Å². The van der Waals surface area contributed by atoms with Crippen LogP contribution in [0.15, 0.2) is 41.5 Å². The van der Waals surface area contributed by atoms with Crippen LogP contribution < -0.4 is 0 Å². The Balaban J connectivity index is 1.93. The molecule has 1 aromatic carbocycles. The average Bonchev–Trinajstić information content (AvgIpc) is 3.06. The van der Waals surface area contributed by atoms with Gasteiger partial charge in [0.1, 0.15) is 0 Å². The lowest BCUT2D eigenvalue weighted by Crippen LogP contribution is -1.95. The molecule has 1 aromatic rings. The quantitative estimate of drug-likeness (QED) is 0.749. The molecule has 1 amide bonds. The molecule has 1 aliphatic carbocycles. The Morgan fingerprint density at radius 3 is 2.80 bits per heavy atom. The van der Waals surface area contributed by atoms with Crippen molar-refractivity contribution in [2.24, 2.45) is 17.0 Å². The largest absolute Gasteiger partial charge is 0.271 e. The minimum Gasteiger partial charge on any atom is -0.271 e. The van der Waals surface area contributed by atoms with Crippen molar-refractivity contribution in [3.63, 3.8) is 0 Å². The van der Waals surface area contributed by atoms with Gasteiger partial charge in [-0.3, -0.25) is 4.79 Å². The number of benzene rings is 1. The predicted octanol–water partition coefficient (Wildman–Crippen LogP) is 2.89. The van der Waals surface area contributed by atoms with Crippen LogP contribution in [-0.4, -0.2) is 5.91 Å². The van der Waals surface area contributed by atoms with Crippen molar-refractivity contribution >= 4 is 12.0 Å². The predicted molar refractivity (Wildman–Crippen MR) is 57.2 cm³/mol. The highest BCUT2D eigenvalue weighted by atomic mass is 16.1. The maximum absolute atomic E-state index is 11.0. The molecule has 1 aliphatic rings. The van der Waals surface area contributed by atoms with Gasteiger partial charge in [0.15, 0.2) is 0 Å². The van der Waals surface area contributed by atoms with E-state index in [9.17, 15) is 4.79 Å². The summed E-state index contributed by atoms with van der Waals surface area (Å²) in [5.74, 6) is -0.0491. The van der Waals surface area contributed by atoms with Crippen LogP contribution in [0.2, 0.25) is 0 Å². The third kappa shape index (κ3) is 2.37. The molecule has 3 nitrogen and oxygen atoms in total. The number of rotatable bonds is 3. The number of carbonyl (C=O) groups is 1. The first kappa shape index (κ1) is 9.77. The number of allylic oxidation sites excluding steroid dienone is 1. The molecule has 0 spiro atoms. The Morgan fingerprint density at radius 2 is 2.13 bits per heavy atom. The van der Waals surface area contributed by atoms with Gasteiger partial charge in [0.25, 0.3) is 5.91 Å². The second-order valence-electron chi connectivity index (χ2n) is 3.73. The van der Waals surface area contributed by atoms with Crippen LogP contribution in [0.25, 0.3) is 6.08 Å². The molecular formula is C12H12N2O. The Bertz CT molecular complexity index is 397. The van der Waals surface area contributed by atoms with Gasteiger partial charge in [-0.1, -0.05) is 42.5 Å². The highest BCUT2D eigenvalue weighted by Crippen LogP contribution is 2.40. The molecule has 1 fully saturated rings. The third-order valence-electron chi connectivity index (χ3n) is 2.60. The lowest BCUT2D eigenvalue weighted by atomic mass is 10.2. The normalized spacial score (nSPS) is 24.0. The average molecular weight is 200 g/mol. The van der Waals surface area contributed by atoms with Gasteiger partial charge in [-0.25, -0.2) is 5.53 Å². The first-order valence-corrected chi connectivity index (χ1v) is 4.96. The Hall–Kier alpha value is -1.77. The zero-order valence-corrected chi connectivity index (χ0v) is 8.26. The standard InChI is InChI=1S/C12H12N2O/c13-14-12(15)11-8-10(11)7-6-9-4-2-1-3-5-9/h1-7,10-11,13H,8H2/b7-6+,14-13?. The molecule has 1 N–H and O–H groups in total. The van der Waals surface area contributed by atoms with Gasteiger partial charge >= 0.3 is 0 Å². The van der Waals surface area contributed by atoms with Crippen LogP contribution in [0.3, 0.4) is 0 Å². The monoisotopic (exact) mass is 200 g/mol. The van der Waals surface area contributed by atoms with Gasteiger partial charge in [-0.2, -0.15) is 0 Å². The van der Waals surface area contributed by atoms with Gasteiger partial charge < -0.3 is 0 Å². The summed E-state index contributed by atoms with van der Waals surface area (Å²) in [6, 6.07) is 9.97. The van der Waals surface area contributed by atoms with Crippen molar-refractivity contribution in [3.8, 4) is 0 Å². The molecule has 15 heavy (non-hydrogen) atoms. The molecule has 0 aromatic heterocycles. The topological polar surface area (TPSA) is 53.3 Å². The van der Waals surface area contributed by atoms with E-state index in [1.165, 1.54) is 0 Å². The van der Waals surface area contributed by atoms with Crippen LogP contribution in [0, 0.1) is 17.4 Å². The van der Waals surface area contributed by atoms with Gasteiger partial charge in [0, 0.05) is 5.92 Å². The second-order valence-corrected chi connectivity index (χ2v) is 3.73. The number of nitrogens with zero attached hydrogens (tertiary/aromatic N) is 1. The summed E-state index contributed by atoms with van der Waals surface area (Å²) in [6.45, 7) is 0. The van der Waals surface area contributed by atoms with E-state index in [0.717, 1.165) is 12.0 Å². The fourth-order valence-corrected chi connectivity index (χ4v) is 1.59. The molecule has 0 saturated heterocycles. The van der Waals surface area contributed by atoms with Gasteiger partial charge in [0.05, 0.1) is 0 Å². The van der Waals surface area contributed by atoms with E-state index in [-0.39, 0.29) is 17.7 Å². The number of amides is 1. The van der Waals surface area contributed by atoms with E-state index in [2.05, 4.69) is 5.11 Å². The summed E-state index contributed by atoms with van der Waals surface area (Å²) < 4.78 is 0. The van der Waals surface area contributed by atoms with Crippen molar-refractivity contribution in [3.05, 3.63) is 42.0 Å². The van der Waals surface area contributed by atoms with Crippen LogP contribution in [0.4, 0.5) is 0 Å². The number of hydrogen-bond donors (Lipinski definition) is 1. The smallest absolute Gasteiger partial charge is 0.267 e. The second kappa shape index (κ2) is 4.17. The molecule has 76 valence electrons. The summed E-state index contributed by atoms with van der Waals surface area (Å²) in [4.78, 5) is 11.0. The van der Waals surface area contributed by atoms with Crippen molar-refractivity contribution < 1.29 is 4.79 Å². The van der Waals surface area contributed by atoms with Crippen LogP contribution in [-0.2, 0) is 4.79 Å². The van der Waals surface area contributed by atoms with Crippen molar-refractivity contribution in [2.45, 2.75) is 6.42 Å². The van der Waals surface area contributed by atoms with Gasteiger partial charge in [-0.05, 0) is 17.9 Å². The third-order valence-corrected chi connectivity index (χ3v) is 2.60. The molecule has 0 radical (unpaired) electrons. The van der Waals surface area contributed by atoms with E-state index >= 15 is 0 Å². The molecule has 2 rings (SSSR count). The molecule has 0 aliphatic heterocycles. The summed E-state index contributed by atoms with van der Waals surface area (Å²) in [5, 5.41) is 2.93. The van der Waals surface area contributed by atoms with Gasteiger partial charge in [0.2, 0.25) is 0 Å². The summed E-state index contributed by atoms with van der Waals surface area (Å²) in [5.41, 5.74) is 7.75. The summed E-state index contributed by atoms with van der Waals surface area (Å²) in [6.07, 6.45) is 4.88. The van der Waals surface area contributed by atoms with Crippen LogP contribution >= 0.6 is 0 Å². The highest BCUT2D eigenvalue weighted by Gasteiger charge is 2.40. The summed E-state index contributed by atoms with van der Waals surface area (Å²) >= 11 is 0. The fourth-order valence-electron chi connectivity index (χ4n) is 1.59. The lowest BCUT2D eigenvalue weighted by molar-refractivity contribution is -0.119. The fraction of sp³-hybridized carbons (Fsp3) is 0.250. The summed E-state index contributed by atoms with van der Waals surface area (Å²) in [7, 11) is 0. The van der Waals surface area contributed by atoms with E-state index in [1.54, 1.807) is 0 Å². The maximum atomic E-state index is 11.0. The first-order chi connectivity index (χ1) is 7.31. The molecule has 1 saturated carbocycles. The molecule has 0 heterocycles. The molecule has 2 atom stereocenters. The number of carbonyl (C=O) groups excluding carboxylic acids is 1. The lowest BCUT2D eigenvalue weighted by Gasteiger charge is -1.90. The molecule has 3 heteroatoms. The number of nitrogens with one attached hydrogen (secondary N) is 1. The minimum atomic E-state index is -0.294. The Morgan fingerprint density at radius 1 is 1.40 bits per heavy atom. The van der Waals surface area contributed by atoms with E-state index in [0.29, 0.717) is 0 Å². The number of hydrogen-bond acceptors (Lipinski definition) is 2. The van der Waals surface area contributed by atoms with Crippen molar-refractivity contribution in [1.82, 2.24) is 0 Å².